The predicted molar refractivity (Wildman–Crippen MR) is 141 cm³/mol. The van der Waals surface area contributed by atoms with Crippen molar-refractivity contribution in [1.82, 2.24) is 0 Å². The van der Waals surface area contributed by atoms with Gasteiger partial charge in [-0.25, -0.2) is 0 Å². The molecule has 8 heteroatoms. The van der Waals surface area contributed by atoms with Gasteiger partial charge < -0.3 is 35.1 Å². The second kappa shape index (κ2) is 7.29. The van der Waals surface area contributed by atoms with Crippen molar-refractivity contribution in [3.05, 3.63) is 53.6 Å². The van der Waals surface area contributed by atoms with Crippen LogP contribution in [-0.2, 0) is 0 Å². The number of phenolic OH excluding ortho intramolecular Hbond substituents is 6. The molecule has 0 spiro atoms. The molecule has 180 valence electrons. The Balaban J connectivity index is 1.93. The highest BCUT2D eigenvalue weighted by atomic mass is 32.1. The predicted octanol–water partition coefficient (Wildman–Crippen LogP) is 6.70. The Labute approximate surface area is 209 Å². The van der Waals surface area contributed by atoms with Gasteiger partial charge in [0.2, 0.25) is 11.5 Å². The largest absolute Gasteiger partial charge is 0.507 e. The fraction of sp³-hybridized carbons (Fsp3) is 0.0714. The van der Waals surface area contributed by atoms with Crippen LogP contribution in [0.3, 0.4) is 0 Å². The van der Waals surface area contributed by atoms with Crippen molar-refractivity contribution in [2.24, 2.45) is 0 Å². The Hall–Kier alpha value is -4.43. The van der Waals surface area contributed by atoms with Crippen LogP contribution in [0.15, 0.2) is 51.8 Å². The molecule has 1 heterocycles. The van der Waals surface area contributed by atoms with Gasteiger partial charge in [0.1, 0.15) is 22.7 Å². The number of furan rings is 1. The average molecular weight is 501 g/mol. The molecule has 0 radical (unpaired) electrons. The zero-order chi connectivity index (χ0) is 25.6. The summed E-state index contributed by atoms with van der Waals surface area (Å²) in [6, 6.07) is 12.8. The smallest absolute Gasteiger partial charge is 0.205 e. The maximum atomic E-state index is 11.2. The lowest BCUT2D eigenvalue weighted by atomic mass is 9.87. The van der Waals surface area contributed by atoms with Crippen LogP contribution in [0.2, 0.25) is 0 Å². The van der Waals surface area contributed by atoms with E-state index in [-0.39, 0.29) is 27.5 Å². The van der Waals surface area contributed by atoms with Crippen molar-refractivity contribution in [3.63, 3.8) is 0 Å². The fourth-order valence-corrected chi connectivity index (χ4v) is 5.42. The van der Waals surface area contributed by atoms with Gasteiger partial charge in [-0.3, -0.25) is 0 Å². The summed E-state index contributed by atoms with van der Waals surface area (Å²) < 4.78 is 5.94. The second-order valence-electron chi connectivity index (χ2n) is 8.87. The molecule has 0 aliphatic heterocycles. The lowest BCUT2D eigenvalue weighted by molar-refractivity contribution is 0.350. The van der Waals surface area contributed by atoms with Crippen molar-refractivity contribution in [3.8, 4) is 45.6 Å². The molecule has 1 aromatic heterocycles. The highest BCUT2D eigenvalue weighted by molar-refractivity contribution is 7.80. The van der Waals surface area contributed by atoms with Gasteiger partial charge in [-0.2, -0.15) is 0 Å². The Morgan fingerprint density at radius 2 is 1.19 bits per heavy atom. The van der Waals surface area contributed by atoms with Crippen molar-refractivity contribution in [2.45, 2.75) is 18.7 Å². The van der Waals surface area contributed by atoms with E-state index >= 15 is 0 Å². The highest BCUT2D eigenvalue weighted by Gasteiger charge is 2.30. The molecular weight excluding hydrogens is 480 g/mol. The molecule has 0 bridgehead atoms. The van der Waals surface area contributed by atoms with Crippen molar-refractivity contribution >= 4 is 56.1 Å². The zero-order valence-electron chi connectivity index (χ0n) is 19.1. The van der Waals surface area contributed by atoms with Crippen LogP contribution in [-0.4, -0.2) is 30.6 Å². The fourth-order valence-electron chi connectivity index (χ4n) is 5.03. The van der Waals surface area contributed by atoms with Crippen molar-refractivity contribution < 1.29 is 35.1 Å². The maximum absolute atomic E-state index is 11.2. The van der Waals surface area contributed by atoms with Gasteiger partial charge in [-0.15, -0.1) is 12.6 Å². The number of hydrogen-bond acceptors (Lipinski definition) is 8. The summed E-state index contributed by atoms with van der Waals surface area (Å²) in [5, 5.41) is 66.1. The third-order valence-corrected chi connectivity index (χ3v) is 7.59. The molecule has 0 aliphatic rings. The number of para-hydroxylation sites is 1. The van der Waals surface area contributed by atoms with Crippen LogP contribution < -0.4 is 0 Å². The van der Waals surface area contributed by atoms with Crippen LogP contribution in [0, 0.1) is 13.8 Å². The van der Waals surface area contributed by atoms with E-state index < -0.39 is 28.7 Å². The van der Waals surface area contributed by atoms with E-state index in [1.54, 1.807) is 26.0 Å². The molecule has 0 aliphatic carbocycles. The molecular formula is C28H20O7S. The lowest BCUT2D eigenvalue weighted by Gasteiger charge is -2.21. The number of aromatic hydroxyl groups is 6. The number of benzene rings is 5. The first-order valence-corrected chi connectivity index (χ1v) is 11.5. The molecule has 0 saturated heterocycles. The first-order chi connectivity index (χ1) is 17.1. The van der Waals surface area contributed by atoms with Crippen molar-refractivity contribution in [1.29, 1.82) is 0 Å². The van der Waals surface area contributed by atoms with Gasteiger partial charge in [0.15, 0.2) is 11.5 Å². The van der Waals surface area contributed by atoms with Gasteiger partial charge >= 0.3 is 0 Å². The number of phenols is 6. The minimum Gasteiger partial charge on any atom is -0.507 e. The molecule has 7 nitrogen and oxygen atoms in total. The molecule has 6 N–H and O–H groups in total. The minimum atomic E-state index is -0.994. The Bertz CT molecular complexity index is 1850. The number of hydrogen-bond donors (Lipinski definition) is 7. The molecule has 0 saturated carbocycles. The van der Waals surface area contributed by atoms with Gasteiger partial charge in [-0.05, 0) is 48.7 Å². The Kier molecular flexibility index (Phi) is 4.46. The van der Waals surface area contributed by atoms with E-state index in [1.807, 2.05) is 30.3 Å². The minimum absolute atomic E-state index is 0.0115. The standard InChI is InChI=1S/C28H20O7S/c1-10-11(2)28(36)19-17(12-7-8-16-14(9-12)13-5-3-4-6-15(13)35-16)18-20(23(30)21(19)22(10)29)25(32)27(34)26(33)24(18)31/h3-9,29-34,36H,1-2H3. The highest BCUT2D eigenvalue weighted by Crippen LogP contribution is 2.59. The number of rotatable bonds is 1. The normalized spacial score (nSPS) is 11.9. The summed E-state index contributed by atoms with van der Waals surface area (Å²) in [5.74, 6) is -4.32. The van der Waals surface area contributed by atoms with Crippen LogP contribution in [0.5, 0.6) is 34.5 Å². The van der Waals surface area contributed by atoms with Crippen LogP contribution in [0.1, 0.15) is 11.1 Å². The van der Waals surface area contributed by atoms with Crippen LogP contribution in [0.4, 0.5) is 0 Å². The molecule has 36 heavy (non-hydrogen) atoms. The Morgan fingerprint density at radius 1 is 0.583 bits per heavy atom. The average Bonchev–Trinajstić information content (AvgIpc) is 3.25. The monoisotopic (exact) mass is 500 g/mol. The third kappa shape index (κ3) is 2.64. The number of thiol groups is 1. The van der Waals surface area contributed by atoms with Gasteiger partial charge in [0.05, 0.1) is 10.8 Å². The summed E-state index contributed by atoms with van der Waals surface area (Å²) in [6.45, 7) is 3.43. The van der Waals surface area contributed by atoms with E-state index in [2.05, 4.69) is 0 Å². The zero-order valence-corrected chi connectivity index (χ0v) is 20.0. The summed E-state index contributed by atoms with van der Waals surface area (Å²) in [6.07, 6.45) is 0. The SMILES string of the molecule is Cc1c(C)c(S)c2c(-c3ccc4oc5ccccc5c4c3)c3c(O)c(O)c(O)c(O)c3c(O)c2c1O. The molecule has 0 fully saturated rings. The van der Waals surface area contributed by atoms with Gasteiger partial charge in [-0.1, -0.05) is 24.3 Å². The van der Waals surface area contributed by atoms with E-state index in [0.29, 0.717) is 38.1 Å². The maximum Gasteiger partial charge on any atom is 0.205 e. The second-order valence-corrected chi connectivity index (χ2v) is 9.32. The summed E-state index contributed by atoms with van der Waals surface area (Å²) in [5.41, 5.74) is 3.24. The summed E-state index contributed by atoms with van der Waals surface area (Å²) in [4.78, 5) is 0.427. The topological polar surface area (TPSA) is 135 Å². The summed E-state index contributed by atoms with van der Waals surface area (Å²) >= 11 is 4.70. The van der Waals surface area contributed by atoms with Gasteiger partial charge in [0.25, 0.3) is 0 Å². The van der Waals surface area contributed by atoms with Crippen molar-refractivity contribution in [2.75, 3.05) is 0 Å². The van der Waals surface area contributed by atoms with E-state index in [0.717, 1.165) is 10.8 Å². The first-order valence-electron chi connectivity index (χ1n) is 11.0. The molecule has 6 aromatic rings. The van der Waals surface area contributed by atoms with Gasteiger partial charge in [0, 0.05) is 32.0 Å². The third-order valence-electron chi connectivity index (χ3n) is 7.03. The quantitative estimate of drug-likeness (QED) is 0.0578. The van der Waals surface area contributed by atoms with Crippen LogP contribution >= 0.6 is 12.6 Å². The van der Waals surface area contributed by atoms with E-state index in [4.69, 9.17) is 17.0 Å². The first kappa shape index (κ1) is 22.1. The number of fused-ring (bicyclic) bond motifs is 5. The van der Waals surface area contributed by atoms with E-state index in [1.165, 1.54) is 0 Å². The molecule has 5 aromatic carbocycles. The molecule has 0 atom stereocenters. The van der Waals surface area contributed by atoms with Crippen LogP contribution in [0.25, 0.3) is 54.6 Å². The summed E-state index contributed by atoms with van der Waals surface area (Å²) in [7, 11) is 0. The molecule has 6 rings (SSSR count). The molecule has 0 amide bonds. The van der Waals surface area contributed by atoms with E-state index in [9.17, 15) is 30.6 Å². The molecule has 0 unspecified atom stereocenters. The Morgan fingerprint density at radius 3 is 1.92 bits per heavy atom. The lowest BCUT2D eigenvalue weighted by Crippen LogP contribution is -1.95.